The van der Waals surface area contributed by atoms with Crippen molar-refractivity contribution < 1.29 is 24.6 Å². The number of carboxylic acids is 2. The summed E-state index contributed by atoms with van der Waals surface area (Å²) in [4.78, 5) is 34.6. The van der Waals surface area contributed by atoms with Crippen LogP contribution < -0.4 is 11.1 Å². The topological polar surface area (TPSA) is 130 Å². The second-order valence-corrected chi connectivity index (χ2v) is 6.21. The number of carbonyl (C=O) groups is 3. The van der Waals surface area contributed by atoms with Crippen LogP contribution in [0.25, 0.3) is 0 Å². The summed E-state index contributed by atoms with van der Waals surface area (Å²) >= 11 is 0. The van der Waals surface area contributed by atoms with Crippen molar-refractivity contribution in [2.24, 2.45) is 23.5 Å². The van der Waals surface area contributed by atoms with Gasteiger partial charge in [0.25, 0.3) is 5.91 Å². The van der Waals surface area contributed by atoms with E-state index in [0.29, 0.717) is 5.56 Å². The van der Waals surface area contributed by atoms with E-state index in [9.17, 15) is 24.6 Å². The van der Waals surface area contributed by atoms with Gasteiger partial charge in [0.05, 0.1) is 5.92 Å². The van der Waals surface area contributed by atoms with Crippen molar-refractivity contribution in [2.75, 3.05) is 0 Å². The average molecular weight is 328 g/mol. The maximum Gasteiger partial charge on any atom is 0.324 e. The highest BCUT2D eigenvalue weighted by molar-refractivity contribution is 5.95. The Labute approximate surface area is 137 Å². The van der Waals surface area contributed by atoms with Gasteiger partial charge in [-0.3, -0.25) is 14.4 Å². The van der Waals surface area contributed by atoms with Crippen LogP contribution in [-0.4, -0.2) is 39.6 Å². The number of fused-ring (bicyclic) bond motifs is 1. The fraction of sp³-hybridized carbons (Fsp3) is 0.353. The van der Waals surface area contributed by atoms with Crippen molar-refractivity contribution in [2.45, 2.75) is 18.0 Å². The highest BCUT2D eigenvalue weighted by Crippen LogP contribution is 2.61. The zero-order valence-electron chi connectivity index (χ0n) is 12.6. The number of hydrogen-bond donors (Lipinski definition) is 4. The maximum absolute atomic E-state index is 12.0. The Kier molecular flexibility index (Phi) is 3.78. The number of benzene rings is 1. The molecule has 0 heterocycles. The molecule has 124 valence electrons. The molecule has 2 fully saturated rings. The summed E-state index contributed by atoms with van der Waals surface area (Å²) in [6.07, 6.45) is 0.000202. The van der Waals surface area contributed by atoms with E-state index in [1.165, 1.54) is 0 Å². The lowest BCUT2D eigenvalue weighted by Gasteiger charge is -2.24. The summed E-state index contributed by atoms with van der Waals surface area (Å²) in [6.45, 7) is 0. The lowest BCUT2D eigenvalue weighted by atomic mass is 9.90. The summed E-state index contributed by atoms with van der Waals surface area (Å²) in [5, 5.41) is 21.1. The Morgan fingerprint density at radius 1 is 1.21 bits per heavy atom. The van der Waals surface area contributed by atoms with Crippen molar-refractivity contribution in [1.82, 2.24) is 5.32 Å². The molecule has 5 atom stereocenters. The van der Waals surface area contributed by atoms with Gasteiger partial charge in [-0.1, -0.05) is 24.1 Å². The van der Waals surface area contributed by atoms with Crippen LogP contribution in [0.15, 0.2) is 30.3 Å². The van der Waals surface area contributed by atoms with Gasteiger partial charge in [-0.05, 0) is 24.5 Å². The predicted molar refractivity (Wildman–Crippen MR) is 82.5 cm³/mol. The van der Waals surface area contributed by atoms with E-state index < -0.39 is 47.2 Å². The summed E-state index contributed by atoms with van der Waals surface area (Å²) in [5.74, 6) is 0.249. The molecule has 1 aromatic carbocycles. The van der Waals surface area contributed by atoms with Gasteiger partial charge in [0, 0.05) is 23.4 Å². The van der Waals surface area contributed by atoms with Gasteiger partial charge >= 0.3 is 11.9 Å². The molecule has 0 aromatic heterocycles. The van der Waals surface area contributed by atoms with Crippen molar-refractivity contribution >= 4 is 17.8 Å². The van der Waals surface area contributed by atoms with E-state index in [1.54, 1.807) is 24.3 Å². The van der Waals surface area contributed by atoms with Gasteiger partial charge in [-0.15, -0.1) is 0 Å². The maximum atomic E-state index is 12.0. The summed E-state index contributed by atoms with van der Waals surface area (Å²) in [5.41, 5.74) is 4.94. The van der Waals surface area contributed by atoms with Crippen LogP contribution in [0.4, 0.5) is 0 Å². The number of amides is 1. The molecule has 2 aliphatic rings. The Morgan fingerprint density at radius 3 is 2.46 bits per heavy atom. The summed E-state index contributed by atoms with van der Waals surface area (Å²) in [7, 11) is 0. The van der Waals surface area contributed by atoms with Crippen LogP contribution in [0.2, 0.25) is 0 Å². The molecule has 0 saturated heterocycles. The third-order valence-corrected chi connectivity index (χ3v) is 4.79. The van der Waals surface area contributed by atoms with E-state index >= 15 is 0 Å². The first-order valence-electron chi connectivity index (χ1n) is 7.47. The largest absolute Gasteiger partial charge is 0.481 e. The molecule has 2 aliphatic carbocycles. The standard InChI is InChI=1S/C17H16N2O5/c18-17(16(23)24)8-10(12-13(14(12)17)15(21)22)19-11(20)7-6-9-4-2-1-3-5-9/h1-5,10,12-14H,8,18H2,(H,19,20)(H,21,22)(H,23,24)/t10-,12-,13-,14-,17-/m0/s1. The smallest absolute Gasteiger partial charge is 0.324 e. The van der Waals surface area contributed by atoms with Crippen LogP contribution in [0.1, 0.15) is 12.0 Å². The molecule has 3 rings (SSSR count). The zero-order valence-corrected chi connectivity index (χ0v) is 12.6. The molecule has 0 aliphatic heterocycles. The molecule has 7 nitrogen and oxygen atoms in total. The molecule has 2 saturated carbocycles. The van der Waals surface area contributed by atoms with Gasteiger partial charge in [0.2, 0.25) is 0 Å². The predicted octanol–water partition coefficient (Wildman–Crippen LogP) is -0.344. The zero-order chi connectivity index (χ0) is 17.5. The fourth-order valence-corrected chi connectivity index (χ4v) is 3.69. The number of aliphatic carboxylic acids is 2. The number of carbonyl (C=O) groups excluding carboxylic acids is 1. The number of rotatable bonds is 3. The fourth-order valence-electron chi connectivity index (χ4n) is 3.69. The molecule has 1 amide bonds. The molecule has 0 bridgehead atoms. The van der Waals surface area contributed by atoms with Crippen molar-refractivity contribution in [3.63, 3.8) is 0 Å². The number of nitrogens with two attached hydrogens (primary N) is 1. The van der Waals surface area contributed by atoms with Crippen molar-refractivity contribution in [1.29, 1.82) is 0 Å². The van der Waals surface area contributed by atoms with Crippen LogP contribution in [0, 0.1) is 29.6 Å². The highest BCUT2D eigenvalue weighted by Gasteiger charge is 2.74. The number of hydrogen-bond acceptors (Lipinski definition) is 4. The first-order valence-corrected chi connectivity index (χ1v) is 7.47. The molecule has 0 unspecified atom stereocenters. The molecule has 5 N–H and O–H groups in total. The van der Waals surface area contributed by atoms with E-state index in [0.717, 1.165) is 0 Å². The molecule has 0 spiro atoms. The van der Waals surface area contributed by atoms with Gasteiger partial charge < -0.3 is 21.3 Å². The molecule has 7 heteroatoms. The van der Waals surface area contributed by atoms with Gasteiger partial charge in [0.15, 0.2) is 0 Å². The second kappa shape index (κ2) is 5.65. The quantitative estimate of drug-likeness (QED) is 0.562. The molecule has 0 radical (unpaired) electrons. The third kappa shape index (κ3) is 2.61. The van der Waals surface area contributed by atoms with E-state index in [2.05, 4.69) is 17.2 Å². The SMILES string of the molecule is N[C@@]1(C(=O)O)C[C@H](NC(=O)C#Cc2ccccc2)[C@H]2[C@H](C(=O)O)[C@H]21. The Balaban J connectivity index is 1.72. The first-order chi connectivity index (χ1) is 11.3. The minimum absolute atomic E-state index is 0.000202. The normalized spacial score (nSPS) is 32.9. The Morgan fingerprint density at radius 2 is 1.88 bits per heavy atom. The van der Waals surface area contributed by atoms with Crippen LogP contribution in [0.5, 0.6) is 0 Å². The Bertz CT molecular complexity index is 766. The van der Waals surface area contributed by atoms with Crippen LogP contribution in [0.3, 0.4) is 0 Å². The summed E-state index contributed by atoms with van der Waals surface area (Å²) in [6, 6.07) is 8.32. The number of carboxylic acid groups (broad SMARTS) is 2. The van der Waals surface area contributed by atoms with E-state index in [4.69, 9.17) is 5.73 Å². The van der Waals surface area contributed by atoms with Crippen molar-refractivity contribution in [3.8, 4) is 11.8 Å². The molecule has 1 aromatic rings. The van der Waals surface area contributed by atoms with Gasteiger partial charge in [-0.2, -0.15) is 0 Å². The number of nitrogens with one attached hydrogen (secondary N) is 1. The molecular formula is C17H16N2O5. The highest BCUT2D eigenvalue weighted by atomic mass is 16.4. The lowest BCUT2D eigenvalue weighted by Crippen LogP contribution is -2.52. The third-order valence-electron chi connectivity index (χ3n) is 4.79. The second-order valence-electron chi connectivity index (χ2n) is 6.21. The van der Waals surface area contributed by atoms with Gasteiger partial charge in [0.1, 0.15) is 5.54 Å². The monoisotopic (exact) mass is 328 g/mol. The summed E-state index contributed by atoms with van der Waals surface area (Å²) < 4.78 is 0. The average Bonchev–Trinajstić information content (AvgIpc) is 3.23. The van der Waals surface area contributed by atoms with Gasteiger partial charge in [-0.25, -0.2) is 0 Å². The van der Waals surface area contributed by atoms with E-state index in [1.807, 2.05) is 6.07 Å². The Hall–Kier alpha value is -2.85. The van der Waals surface area contributed by atoms with E-state index in [-0.39, 0.29) is 6.42 Å². The minimum atomic E-state index is -1.63. The minimum Gasteiger partial charge on any atom is -0.481 e. The van der Waals surface area contributed by atoms with Crippen LogP contribution >= 0.6 is 0 Å². The van der Waals surface area contributed by atoms with Crippen molar-refractivity contribution in [3.05, 3.63) is 35.9 Å². The molecular weight excluding hydrogens is 312 g/mol. The lowest BCUT2D eigenvalue weighted by molar-refractivity contribution is -0.145. The first kappa shape index (κ1) is 16.0. The van der Waals surface area contributed by atoms with Crippen LogP contribution in [-0.2, 0) is 14.4 Å². The molecule has 24 heavy (non-hydrogen) atoms.